The van der Waals surface area contributed by atoms with E-state index >= 15 is 0 Å². The fraction of sp³-hybridized carbons (Fsp3) is 0.0667. The number of rotatable bonds is 4. The van der Waals surface area contributed by atoms with Crippen LogP contribution in [0.2, 0.25) is 0 Å². The molecule has 3 aromatic rings. The van der Waals surface area contributed by atoms with Gasteiger partial charge in [0.2, 0.25) is 5.91 Å². The van der Waals surface area contributed by atoms with E-state index in [0.29, 0.717) is 17.9 Å². The van der Waals surface area contributed by atoms with Crippen LogP contribution in [0.5, 0.6) is 5.75 Å². The fourth-order valence-corrected chi connectivity index (χ4v) is 1.93. The number of hydrogen-bond donors (Lipinski definition) is 1. The van der Waals surface area contributed by atoms with Crippen LogP contribution in [0, 0.1) is 0 Å². The van der Waals surface area contributed by atoms with Crippen molar-refractivity contribution in [1.82, 2.24) is 9.38 Å². The third kappa shape index (κ3) is 2.47. The molecule has 5 heteroatoms. The van der Waals surface area contributed by atoms with E-state index in [1.54, 1.807) is 24.3 Å². The summed E-state index contributed by atoms with van der Waals surface area (Å²) in [5.74, 6) is 0.226. The molecular weight excluding hydrogens is 254 g/mol. The molecule has 0 aliphatic rings. The Balaban J connectivity index is 1.71. The van der Waals surface area contributed by atoms with Crippen molar-refractivity contribution in [2.75, 3.05) is 0 Å². The lowest BCUT2D eigenvalue weighted by Crippen LogP contribution is -2.10. The zero-order chi connectivity index (χ0) is 13.9. The van der Waals surface area contributed by atoms with Crippen LogP contribution >= 0.6 is 0 Å². The number of pyridine rings is 1. The molecule has 5 nitrogen and oxygen atoms in total. The summed E-state index contributed by atoms with van der Waals surface area (Å²) in [7, 11) is 0. The molecule has 0 fully saturated rings. The summed E-state index contributed by atoms with van der Waals surface area (Å²) in [5.41, 5.74) is 7.37. The Morgan fingerprint density at radius 3 is 2.70 bits per heavy atom. The van der Waals surface area contributed by atoms with Crippen molar-refractivity contribution in [2.24, 2.45) is 5.73 Å². The summed E-state index contributed by atoms with van der Waals surface area (Å²) in [5, 5.41) is 0. The van der Waals surface area contributed by atoms with Gasteiger partial charge in [-0.15, -0.1) is 0 Å². The summed E-state index contributed by atoms with van der Waals surface area (Å²) in [6, 6.07) is 12.5. The lowest BCUT2D eigenvalue weighted by molar-refractivity contribution is 0.100. The van der Waals surface area contributed by atoms with Crippen LogP contribution in [0.1, 0.15) is 16.1 Å². The minimum atomic E-state index is -0.447. The Morgan fingerprint density at radius 2 is 2.00 bits per heavy atom. The van der Waals surface area contributed by atoms with Gasteiger partial charge in [-0.2, -0.15) is 0 Å². The van der Waals surface area contributed by atoms with Crippen LogP contribution < -0.4 is 10.5 Å². The minimum absolute atomic E-state index is 0.373. The standard InChI is InChI=1S/C15H13N3O2/c16-15(19)11-4-6-13(7-5-11)20-10-12-9-18-8-2-1-3-14(18)17-12/h1-9H,10H2,(H2,16,19). The van der Waals surface area contributed by atoms with E-state index in [1.807, 2.05) is 35.0 Å². The smallest absolute Gasteiger partial charge is 0.248 e. The van der Waals surface area contributed by atoms with Gasteiger partial charge >= 0.3 is 0 Å². The third-order valence-electron chi connectivity index (χ3n) is 2.94. The van der Waals surface area contributed by atoms with Crippen LogP contribution in [0.3, 0.4) is 0 Å². The number of fused-ring (bicyclic) bond motifs is 1. The molecule has 2 N–H and O–H groups in total. The maximum absolute atomic E-state index is 11.0. The maximum atomic E-state index is 11.0. The number of benzene rings is 1. The van der Waals surface area contributed by atoms with Crippen LogP contribution in [0.25, 0.3) is 5.65 Å². The van der Waals surface area contributed by atoms with E-state index in [-0.39, 0.29) is 0 Å². The molecule has 0 radical (unpaired) electrons. The van der Waals surface area contributed by atoms with E-state index < -0.39 is 5.91 Å². The quantitative estimate of drug-likeness (QED) is 0.786. The Kier molecular flexibility index (Phi) is 3.09. The molecule has 1 aromatic carbocycles. The Labute approximate surface area is 115 Å². The number of amides is 1. The predicted octanol–water partition coefficient (Wildman–Crippen LogP) is 2.01. The molecule has 0 spiro atoms. The molecule has 0 bridgehead atoms. The number of hydrogen-bond acceptors (Lipinski definition) is 3. The molecule has 20 heavy (non-hydrogen) atoms. The van der Waals surface area contributed by atoms with Gasteiger partial charge in [-0.3, -0.25) is 4.79 Å². The zero-order valence-electron chi connectivity index (χ0n) is 10.7. The molecule has 2 aromatic heterocycles. The van der Waals surface area contributed by atoms with E-state index in [2.05, 4.69) is 4.98 Å². The van der Waals surface area contributed by atoms with Gasteiger partial charge in [-0.1, -0.05) is 6.07 Å². The number of nitrogens with two attached hydrogens (primary N) is 1. The topological polar surface area (TPSA) is 69.6 Å². The molecule has 100 valence electrons. The number of carbonyl (C=O) groups is 1. The molecule has 0 atom stereocenters. The summed E-state index contributed by atoms with van der Waals surface area (Å²) in [4.78, 5) is 15.4. The molecule has 0 saturated heterocycles. The maximum Gasteiger partial charge on any atom is 0.248 e. The van der Waals surface area contributed by atoms with E-state index in [9.17, 15) is 4.79 Å². The predicted molar refractivity (Wildman–Crippen MR) is 74.5 cm³/mol. The van der Waals surface area contributed by atoms with Crippen LogP contribution in [0.4, 0.5) is 0 Å². The lowest BCUT2D eigenvalue weighted by Gasteiger charge is -2.04. The van der Waals surface area contributed by atoms with Gasteiger partial charge in [-0.25, -0.2) is 4.98 Å². The van der Waals surface area contributed by atoms with Gasteiger partial charge < -0.3 is 14.9 Å². The van der Waals surface area contributed by atoms with Crippen molar-refractivity contribution >= 4 is 11.6 Å². The Bertz CT molecular complexity index is 714. The highest BCUT2D eigenvalue weighted by Gasteiger charge is 2.03. The molecule has 0 aliphatic heterocycles. The van der Waals surface area contributed by atoms with E-state index in [0.717, 1.165) is 11.3 Å². The molecule has 0 unspecified atom stereocenters. The first-order chi connectivity index (χ1) is 9.72. The second kappa shape index (κ2) is 5.05. The minimum Gasteiger partial charge on any atom is -0.487 e. The van der Waals surface area contributed by atoms with Crippen molar-refractivity contribution in [1.29, 1.82) is 0 Å². The van der Waals surface area contributed by atoms with Crippen LogP contribution in [-0.4, -0.2) is 15.3 Å². The highest BCUT2D eigenvalue weighted by molar-refractivity contribution is 5.92. The number of ether oxygens (including phenoxy) is 1. The van der Waals surface area contributed by atoms with Gasteiger partial charge in [0.15, 0.2) is 0 Å². The zero-order valence-corrected chi connectivity index (χ0v) is 10.7. The summed E-state index contributed by atoms with van der Waals surface area (Å²) < 4.78 is 7.57. The Hall–Kier alpha value is -2.82. The van der Waals surface area contributed by atoms with Crippen molar-refractivity contribution in [3.05, 3.63) is 66.1 Å². The molecule has 2 heterocycles. The first-order valence-corrected chi connectivity index (χ1v) is 6.18. The van der Waals surface area contributed by atoms with Crippen LogP contribution in [-0.2, 0) is 6.61 Å². The van der Waals surface area contributed by atoms with Crippen molar-refractivity contribution in [3.63, 3.8) is 0 Å². The van der Waals surface area contributed by atoms with Gasteiger partial charge in [0.05, 0.1) is 5.69 Å². The second-order valence-corrected chi connectivity index (χ2v) is 4.38. The van der Waals surface area contributed by atoms with Crippen molar-refractivity contribution in [2.45, 2.75) is 6.61 Å². The molecule has 1 amide bonds. The highest BCUT2D eigenvalue weighted by Crippen LogP contribution is 2.14. The number of nitrogens with zero attached hydrogens (tertiary/aromatic N) is 2. The van der Waals surface area contributed by atoms with Crippen molar-refractivity contribution in [3.8, 4) is 5.75 Å². The van der Waals surface area contributed by atoms with Crippen LogP contribution in [0.15, 0.2) is 54.9 Å². The van der Waals surface area contributed by atoms with Gasteiger partial charge in [0.25, 0.3) is 0 Å². The normalized spacial score (nSPS) is 10.6. The van der Waals surface area contributed by atoms with Gasteiger partial charge in [-0.05, 0) is 36.4 Å². The number of carbonyl (C=O) groups excluding carboxylic acids is 1. The summed E-state index contributed by atoms with van der Waals surface area (Å²) >= 11 is 0. The largest absolute Gasteiger partial charge is 0.487 e. The average Bonchev–Trinajstić information content (AvgIpc) is 2.88. The summed E-state index contributed by atoms with van der Waals surface area (Å²) in [6.45, 7) is 0.373. The lowest BCUT2D eigenvalue weighted by atomic mass is 10.2. The SMILES string of the molecule is NC(=O)c1ccc(OCc2cn3ccccc3n2)cc1. The average molecular weight is 267 g/mol. The second-order valence-electron chi connectivity index (χ2n) is 4.38. The number of primary amides is 1. The first kappa shape index (κ1) is 12.2. The number of aromatic nitrogens is 2. The van der Waals surface area contributed by atoms with Gasteiger partial charge in [0, 0.05) is 18.0 Å². The summed E-state index contributed by atoms with van der Waals surface area (Å²) in [6.07, 6.45) is 3.86. The van der Waals surface area contributed by atoms with Crippen molar-refractivity contribution < 1.29 is 9.53 Å². The Morgan fingerprint density at radius 1 is 1.20 bits per heavy atom. The first-order valence-electron chi connectivity index (χ1n) is 6.18. The fourth-order valence-electron chi connectivity index (χ4n) is 1.93. The molecule has 3 rings (SSSR count). The van der Waals surface area contributed by atoms with E-state index in [4.69, 9.17) is 10.5 Å². The van der Waals surface area contributed by atoms with E-state index in [1.165, 1.54) is 0 Å². The van der Waals surface area contributed by atoms with Gasteiger partial charge in [0.1, 0.15) is 18.0 Å². The highest BCUT2D eigenvalue weighted by atomic mass is 16.5. The molecule has 0 saturated carbocycles. The third-order valence-corrected chi connectivity index (χ3v) is 2.94. The monoisotopic (exact) mass is 267 g/mol. The number of imidazole rings is 1. The molecular formula is C15H13N3O2. The molecule has 0 aliphatic carbocycles.